The molecule has 10 nitrogen and oxygen atoms in total. The van der Waals surface area contributed by atoms with Crippen LogP contribution in [0.3, 0.4) is 0 Å². The number of esters is 1. The van der Waals surface area contributed by atoms with Gasteiger partial charge in [-0.15, -0.1) is 0 Å². The molecule has 0 unspecified atom stereocenters. The topological polar surface area (TPSA) is 133 Å². The van der Waals surface area contributed by atoms with Gasteiger partial charge in [-0.3, -0.25) is 9.78 Å². The number of aromatic nitrogens is 1. The Hall–Kier alpha value is -4.60. The molecule has 174 valence electrons. The molecule has 0 bridgehead atoms. The van der Waals surface area contributed by atoms with E-state index >= 15 is 0 Å². The van der Waals surface area contributed by atoms with Gasteiger partial charge in [-0.25, -0.2) is 9.59 Å². The van der Waals surface area contributed by atoms with E-state index in [1.54, 1.807) is 49.6 Å². The minimum Gasteiger partial charge on any atom is -0.497 e. The van der Waals surface area contributed by atoms with Crippen LogP contribution in [0.25, 0.3) is 10.9 Å². The highest BCUT2D eigenvalue weighted by molar-refractivity contribution is 6.08. The lowest BCUT2D eigenvalue weighted by Gasteiger charge is -2.15. The summed E-state index contributed by atoms with van der Waals surface area (Å²) in [5, 5.41) is 6.35. The van der Waals surface area contributed by atoms with Gasteiger partial charge in [-0.05, 0) is 49.4 Å². The Morgan fingerprint density at radius 3 is 2.50 bits per heavy atom. The monoisotopic (exact) mass is 463 g/mol. The zero-order chi connectivity index (χ0) is 24.2. The second kappa shape index (κ2) is 9.49. The molecule has 0 spiro atoms. The average Bonchev–Trinajstić information content (AvgIpc) is 3.18. The third-order valence-electron chi connectivity index (χ3n) is 5.11. The maximum Gasteiger partial charge on any atom is 0.519 e. The lowest BCUT2D eigenvalue weighted by atomic mass is 10.1. The molecule has 2 N–H and O–H groups in total. The lowest BCUT2D eigenvalue weighted by Crippen LogP contribution is -2.17. The number of amides is 1. The van der Waals surface area contributed by atoms with Crippen LogP contribution in [0.5, 0.6) is 5.75 Å². The summed E-state index contributed by atoms with van der Waals surface area (Å²) in [5.41, 5.74) is 2.16. The minimum atomic E-state index is -0.875. The number of benzene rings is 2. The standard InChI is InChI=1S/C24H21N3O7/c1-13-20(34-24(30)33-13)12-32-23(29)18-11-26-19-9-4-14(22(28)25-2)10-17(19)21(18)27-15-5-7-16(31-3)8-6-15/h4-11H,12H2,1-3H3,(H,25,28)(H,26,27). The number of fused-ring (bicyclic) bond motifs is 1. The van der Waals surface area contributed by atoms with Gasteiger partial charge in [-0.1, -0.05) is 0 Å². The van der Waals surface area contributed by atoms with E-state index in [9.17, 15) is 14.4 Å². The van der Waals surface area contributed by atoms with Crippen LogP contribution < -0.4 is 21.2 Å². The largest absolute Gasteiger partial charge is 0.519 e. The van der Waals surface area contributed by atoms with Crippen molar-refractivity contribution in [1.29, 1.82) is 0 Å². The molecule has 4 aromatic rings. The SMILES string of the molecule is CNC(=O)c1ccc2ncc(C(=O)OCc3oc(=O)oc3C)c(Nc3ccc(OC)cc3)c2c1. The van der Waals surface area contributed by atoms with Crippen molar-refractivity contribution in [3.63, 3.8) is 0 Å². The van der Waals surface area contributed by atoms with Crippen LogP contribution in [0, 0.1) is 6.92 Å². The Labute approximate surface area is 193 Å². The molecule has 0 saturated heterocycles. The Morgan fingerprint density at radius 1 is 1.09 bits per heavy atom. The van der Waals surface area contributed by atoms with E-state index in [1.807, 2.05) is 0 Å². The molecule has 0 radical (unpaired) electrons. The highest BCUT2D eigenvalue weighted by atomic mass is 16.6. The summed E-state index contributed by atoms with van der Waals surface area (Å²) in [6, 6.07) is 12.1. The van der Waals surface area contributed by atoms with Crippen molar-refractivity contribution < 1.29 is 27.9 Å². The number of rotatable bonds is 7. The molecule has 4 rings (SSSR count). The van der Waals surface area contributed by atoms with Crippen molar-refractivity contribution in [3.8, 4) is 5.75 Å². The van der Waals surface area contributed by atoms with E-state index in [1.165, 1.54) is 20.2 Å². The fourth-order valence-electron chi connectivity index (χ4n) is 3.30. The van der Waals surface area contributed by atoms with Crippen LogP contribution in [-0.2, 0) is 11.3 Å². The van der Waals surface area contributed by atoms with Crippen LogP contribution in [-0.4, -0.2) is 31.0 Å². The normalized spacial score (nSPS) is 10.7. The number of nitrogens with zero attached hydrogens (tertiary/aromatic N) is 1. The van der Waals surface area contributed by atoms with Gasteiger partial charge in [0.15, 0.2) is 18.1 Å². The van der Waals surface area contributed by atoms with Crippen LogP contribution in [0.4, 0.5) is 11.4 Å². The van der Waals surface area contributed by atoms with Gasteiger partial charge in [0.05, 0.1) is 18.3 Å². The maximum absolute atomic E-state index is 13.0. The van der Waals surface area contributed by atoms with Crippen molar-refractivity contribution in [3.05, 3.63) is 81.9 Å². The molecule has 0 atom stereocenters. The molecule has 2 aromatic heterocycles. The van der Waals surface area contributed by atoms with E-state index in [4.69, 9.17) is 18.3 Å². The summed E-state index contributed by atoms with van der Waals surface area (Å²) >= 11 is 0. The van der Waals surface area contributed by atoms with Gasteiger partial charge in [0, 0.05) is 29.9 Å². The van der Waals surface area contributed by atoms with E-state index < -0.39 is 11.8 Å². The molecular weight excluding hydrogens is 442 g/mol. The molecule has 2 aromatic carbocycles. The fourth-order valence-corrected chi connectivity index (χ4v) is 3.30. The van der Waals surface area contributed by atoms with Crippen molar-refractivity contribution in [2.24, 2.45) is 0 Å². The third kappa shape index (κ3) is 4.60. The first-order valence-corrected chi connectivity index (χ1v) is 10.2. The highest BCUT2D eigenvalue weighted by Crippen LogP contribution is 2.31. The van der Waals surface area contributed by atoms with Gasteiger partial charge in [-0.2, -0.15) is 0 Å². The summed E-state index contributed by atoms with van der Waals surface area (Å²) < 4.78 is 20.2. The van der Waals surface area contributed by atoms with Gasteiger partial charge >= 0.3 is 11.8 Å². The van der Waals surface area contributed by atoms with Crippen molar-refractivity contribution >= 4 is 34.2 Å². The number of nitrogens with one attached hydrogen (secondary N) is 2. The molecule has 1 amide bonds. The first kappa shape index (κ1) is 22.6. The van der Waals surface area contributed by atoms with Crippen molar-refractivity contribution in [2.75, 3.05) is 19.5 Å². The number of pyridine rings is 1. The Kier molecular flexibility index (Phi) is 6.30. The molecular formula is C24H21N3O7. The molecule has 10 heteroatoms. The number of ether oxygens (including phenoxy) is 2. The van der Waals surface area contributed by atoms with Crippen LogP contribution in [0.1, 0.15) is 32.2 Å². The molecule has 0 aliphatic heterocycles. The number of hydrogen-bond donors (Lipinski definition) is 2. The molecule has 0 aliphatic rings. The lowest BCUT2D eigenvalue weighted by molar-refractivity contribution is 0.0443. The van der Waals surface area contributed by atoms with Crippen molar-refractivity contribution in [1.82, 2.24) is 10.3 Å². The number of hydrogen-bond acceptors (Lipinski definition) is 9. The zero-order valence-corrected chi connectivity index (χ0v) is 18.6. The first-order chi connectivity index (χ1) is 16.4. The number of carbonyl (C=O) groups is 2. The molecule has 34 heavy (non-hydrogen) atoms. The van der Waals surface area contributed by atoms with Crippen LogP contribution >= 0.6 is 0 Å². The Morgan fingerprint density at radius 2 is 1.85 bits per heavy atom. The number of aryl methyl sites for hydroxylation is 1. The first-order valence-electron chi connectivity index (χ1n) is 10.2. The van der Waals surface area contributed by atoms with Gasteiger partial charge in [0.2, 0.25) is 0 Å². The predicted molar refractivity (Wildman–Crippen MR) is 123 cm³/mol. The summed E-state index contributed by atoms with van der Waals surface area (Å²) in [7, 11) is 3.10. The Balaban J connectivity index is 1.76. The Bertz CT molecular complexity index is 1420. The van der Waals surface area contributed by atoms with Gasteiger partial charge in [0.25, 0.3) is 5.91 Å². The summed E-state index contributed by atoms with van der Waals surface area (Å²) in [6.07, 6.45) is 1.38. The summed E-state index contributed by atoms with van der Waals surface area (Å²) in [6.45, 7) is 1.23. The van der Waals surface area contributed by atoms with Gasteiger partial charge in [0.1, 0.15) is 11.3 Å². The van der Waals surface area contributed by atoms with Crippen LogP contribution in [0.2, 0.25) is 0 Å². The molecule has 0 aliphatic carbocycles. The highest BCUT2D eigenvalue weighted by Gasteiger charge is 2.20. The zero-order valence-electron chi connectivity index (χ0n) is 18.6. The fraction of sp³-hybridized carbons (Fsp3) is 0.167. The quantitative estimate of drug-likeness (QED) is 0.395. The second-order valence-corrected chi connectivity index (χ2v) is 7.22. The number of carbonyl (C=O) groups excluding carboxylic acids is 2. The van der Waals surface area contributed by atoms with Gasteiger partial charge < -0.3 is 28.9 Å². The van der Waals surface area contributed by atoms with E-state index in [0.29, 0.717) is 33.6 Å². The summed E-state index contributed by atoms with van der Waals surface area (Å²) in [4.78, 5) is 40.8. The second-order valence-electron chi connectivity index (χ2n) is 7.22. The van der Waals surface area contributed by atoms with Crippen LogP contribution in [0.15, 0.2) is 62.3 Å². The molecule has 0 saturated carbocycles. The predicted octanol–water partition coefficient (Wildman–Crippen LogP) is 3.56. The van der Waals surface area contributed by atoms with E-state index in [-0.39, 0.29) is 29.6 Å². The average molecular weight is 463 g/mol. The molecule has 0 fully saturated rings. The van der Waals surface area contributed by atoms with E-state index in [2.05, 4.69) is 15.6 Å². The third-order valence-corrected chi connectivity index (χ3v) is 5.11. The summed E-state index contributed by atoms with van der Waals surface area (Å²) in [5.74, 6) is -0.863. The minimum absolute atomic E-state index is 0.110. The number of methoxy groups -OCH3 is 1. The maximum atomic E-state index is 13.0. The smallest absolute Gasteiger partial charge is 0.497 e. The van der Waals surface area contributed by atoms with E-state index in [0.717, 1.165) is 0 Å². The molecule has 2 heterocycles. The number of anilines is 2. The van der Waals surface area contributed by atoms with Crippen molar-refractivity contribution in [2.45, 2.75) is 13.5 Å².